The lowest BCUT2D eigenvalue weighted by molar-refractivity contribution is -0.384. The van der Waals surface area contributed by atoms with E-state index in [0.29, 0.717) is 18.9 Å². The predicted octanol–water partition coefficient (Wildman–Crippen LogP) is 3.43. The number of anilines is 1. The highest BCUT2D eigenvalue weighted by Crippen LogP contribution is 2.37. The van der Waals surface area contributed by atoms with Crippen LogP contribution in [0.15, 0.2) is 18.2 Å². The molecular weight excluding hydrogens is 419 g/mol. The molecule has 0 unspecified atom stereocenters. The van der Waals surface area contributed by atoms with Crippen molar-refractivity contribution in [2.45, 2.75) is 50.7 Å². The minimum absolute atomic E-state index is 0.0840. The molecule has 1 aliphatic heterocycles. The maximum absolute atomic E-state index is 12.9. The summed E-state index contributed by atoms with van der Waals surface area (Å²) in [6.07, 6.45) is -0.0458. The molecule has 2 aliphatic rings. The van der Waals surface area contributed by atoms with Gasteiger partial charge in [-0.3, -0.25) is 19.7 Å². The fraction of sp³-hybridized carbons (Fsp3) is 0.600. The molecule has 1 amide bonds. The maximum atomic E-state index is 12.9. The smallest absolute Gasteiger partial charge is 0.416 e. The summed E-state index contributed by atoms with van der Waals surface area (Å²) in [6.45, 7) is 0.153. The molecule has 1 saturated carbocycles. The van der Waals surface area contributed by atoms with Gasteiger partial charge in [-0.1, -0.05) is 12.8 Å². The normalized spacial score (nSPS) is 18.1. The highest BCUT2D eigenvalue weighted by Gasteiger charge is 2.35. The van der Waals surface area contributed by atoms with Gasteiger partial charge in [-0.2, -0.15) is 13.2 Å². The number of piperidine rings is 1. The van der Waals surface area contributed by atoms with Gasteiger partial charge in [-0.15, -0.1) is 0 Å². The first kappa shape index (κ1) is 22.8. The van der Waals surface area contributed by atoms with E-state index in [9.17, 15) is 32.9 Å². The third-order valence-corrected chi connectivity index (χ3v) is 5.73. The van der Waals surface area contributed by atoms with Crippen molar-refractivity contribution >= 4 is 23.3 Å². The Labute approximate surface area is 176 Å². The van der Waals surface area contributed by atoms with Gasteiger partial charge in [0.1, 0.15) is 5.69 Å². The van der Waals surface area contributed by atoms with Crippen LogP contribution in [0, 0.1) is 16.0 Å². The van der Waals surface area contributed by atoms with Gasteiger partial charge in [0.15, 0.2) is 6.61 Å². The summed E-state index contributed by atoms with van der Waals surface area (Å²) < 4.78 is 43.7. The Hall–Kier alpha value is -2.85. The van der Waals surface area contributed by atoms with Gasteiger partial charge in [-0.25, -0.2) is 0 Å². The summed E-state index contributed by atoms with van der Waals surface area (Å²) in [7, 11) is 0. The van der Waals surface area contributed by atoms with E-state index < -0.39 is 34.2 Å². The zero-order chi connectivity index (χ0) is 22.6. The van der Waals surface area contributed by atoms with E-state index in [1.54, 1.807) is 4.90 Å². The fourth-order valence-corrected chi connectivity index (χ4v) is 4.06. The minimum Gasteiger partial charge on any atom is -0.455 e. The maximum Gasteiger partial charge on any atom is 0.416 e. The van der Waals surface area contributed by atoms with Crippen molar-refractivity contribution in [3.63, 3.8) is 0 Å². The second-order valence-corrected chi connectivity index (χ2v) is 7.88. The number of nitrogens with one attached hydrogen (secondary N) is 1. The number of nitro benzene ring substituents is 1. The van der Waals surface area contributed by atoms with Crippen molar-refractivity contribution < 1.29 is 32.4 Å². The van der Waals surface area contributed by atoms with E-state index in [1.807, 2.05) is 0 Å². The van der Waals surface area contributed by atoms with Gasteiger partial charge >= 0.3 is 12.1 Å². The number of nitro groups is 1. The van der Waals surface area contributed by atoms with Crippen molar-refractivity contribution in [2.75, 3.05) is 24.6 Å². The zero-order valence-electron chi connectivity index (χ0n) is 16.8. The van der Waals surface area contributed by atoms with E-state index >= 15 is 0 Å². The molecule has 1 aliphatic carbocycles. The van der Waals surface area contributed by atoms with E-state index in [1.165, 1.54) is 0 Å². The summed E-state index contributed by atoms with van der Waals surface area (Å²) in [5.74, 6) is -1.31. The van der Waals surface area contributed by atoms with Crippen LogP contribution in [0.1, 0.15) is 44.1 Å². The zero-order valence-corrected chi connectivity index (χ0v) is 16.8. The molecule has 0 spiro atoms. The topological polar surface area (TPSA) is 102 Å². The Balaban J connectivity index is 1.53. The van der Waals surface area contributed by atoms with E-state index in [4.69, 9.17) is 4.74 Å². The molecule has 1 aromatic carbocycles. The van der Waals surface area contributed by atoms with Crippen LogP contribution < -0.4 is 10.2 Å². The Kier molecular flexibility index (Phi) is 7.01. The molecule has 1 saturated heterocycles. The third kappa shape index (κ3) is 5.86. The van der Waals surface area contributed by atoms with Gasteiger partial charge < -0.3 is 15.0 Å². The number of halogens is 3. The Morgan fingerprint density at radius 1 is 1.16 bits per heavy atom. The number of nitrogens with zero attached hydrogens (tertiary/aromatic N) is 2. The lowest BCUT2D eigenvalue weighted by Crippen LogP contribution is -2.39. The van der Waals surface area contributed by atoms with Crippen molar-refractivity contribution in [3.8, 4) is 0 Å². The van der Waals surface area contributed by atoms with Crippen LogP contribution >= 0.6 is 0 Å². The second kappa shape index (κ2) is 9.52. The molecule has 3 rings (SSSR count). The first-order valence-corrected chi connectivity index (χ1v) is 10.2. The van der Waals surface area contributed by atoms with Crippen molar-refractivity contribution in [2.24, 2.45) is 5.92 Å². The minimum atomic E-state index is -4.68. The van der Waals surface area contributed by atoms with Crippen LogP contribution in [-0.4, -0.2) is 42.5 Å². The number of amides is 1. The number of rotatable bonds is 6. The summed E-state index contributed by atoms with van der Waals surface area (Å²) in [5, 5.41) is 14.1. The number of benzene rings is 1. The second-order valence-electron chi connectivity index (χ2n) is 7.88. The van der Waals surface area contributed by atoms with Crippen LogP contribution in [0.2, 0.25) is 0 Å². The van der Waals surface area contributed by atoms with Gasteiger partial charge in [0.05, 0.1) is 16.4 Å². The van der Waals surface area contributed by atoms with E-state index in [0.717, 1.165) is 37.8 Å². The Morgan fingerprint density at radius 3 is 2.39 bits per heavy atom. The first-order chi connectivity index (χ1) is 14.6. The molecule has 1 aromatic rings. The quantitative estimate of drug-likeness (QED) is 0.411. The van der Waals surface area contributed by atoms with Gasteiger partial charge in [-0.05, 0) is 37.8 Å². The molecule has 31 heavy (non-hydrogen) atoms. The Bertz CT molecular complexity index is 832. The van der Waals surface area contributed by atoms with Crippen molar-refractivity contribution in [3.05, 3.63) is 33.9 Å². The molecule has 11 heteroatoms. The summed E-state index contributed by atoms with van der Waals surface area (Å²) in [6, 6.07) is 2.56. The molecule has 8 nitrogen and oxygen atoms in total. The fourth-order valence-electron chi connectivity index (χ4n) is 4.06. The largest absolute Gasteiger partial charge is 0.455 e. The van der Waals surface area contributed by atoms with Crippen molar-refractivity contribution in [1.82, 2.24) is 5.32 Å². The van der Waals surface area contributed by atoms with Crippen molar-refractivity contribution in [1.29, 1.82) is 0 Å². The predicted molar refractivity (Wildman–Crippen MR) is 104 cm³/mol. The standard InChI is InChI=1S/C20H24F3N3O5/c21-20(22,23)14-5-6-16(17(11-14)26(29)30)25-9-7-13(8-10-25)19(28)31-12-18(27)24-15-3-1-2-4-15/h5-6,11,13,15H,1-4,7-10,12H2,(H,24,27). The number of carbonyl (C=O) groups excluding carboxylic acids is 2. The van der Waals surface area contributed by atoms with E-state index in [-0.39, 0.29) is 37.3 Å². The highest BCUT2D eigenvalue weighted by molar-refractivity contribution is 5.81. The molecular formula is C20H24F3N3O5. The summed E-state index contributed by atoms with van der Waals surface area (Å²) in [4.78, 5) is 36.2. The van der Waals surface area contributed by atoms with E-state index in [2.05, 4.69) is 5.32 Å². The monoisotopic (exact) mass is 443 g/mol. The lowest BCUT2D eigenvalue weighted by atomic mass is 9.96. The van der Waals surface area contributed by atoms with Gasteiger partial charge in [0.25, 0.3) is 11.6 Å². The molecule has 170 valence electrons. The number of esters is 1. The molecule has 1 heterocycles. The van der Waals surface area contributed by atoms with Crippen LogP contribution in [0.3, 0.4) is 0 Å². The van der Waals surface area contributed by atoms with Gasteiger partial charge in [0.2, 0.25) is 0 Å². The summed E-state index contributed by atoms with van der Waals surface area (Å²) in [5.41, 5.74) is -1.63. The molecule has 0 bridgehead atoms. The average molecular weight is 443 g/mol. The first-order valence-electron chi connectivity index (χ1n) is 10.2. The Morgan fingerprint density at radius 2 is 1.81 bits per heavy atom. The molecule has 2 fully saturated rings. The number of ether oxygens (including phenoxy) is 1. The molecule has 0 atom stereocenters. The van der Waals surface area contributed by atoms with Gasteiger partial charge in [0, 0.05) is 25.2 Å². The van der Waals surface area contributed by atoms with Crippen LogP contribution in [-0.2, 0) is 20.5 Å². The highest BCUT2D eigenvalue weighted by atomic mass is 19.4. The molecule has 0 radical (unpaired) electrons. The SMILES string of the molecule is O=C(COC(=O)C1CCN(c2ccc(C(F)(F)F)cc2[N+](=O)[O-])CC1)NC1CCCC1. The third-order valence-electron chi connectivity index (χ3n) is 5.73. The van der Waals surface area contributed by atoms with Crippen LogP contribution in [0.5, 0.6) is 0 Å². The van der Waals surface area contributed by atoms with Crippen LogP contribution in [0.4, 0.5) is 24.5 Å². The number of carbonyl (C=O) groups is 2. The lowest BCUT2D eigenvalue weighted by Gasteiger charge is -2.32. The summed E-state index contributed by atoms with van der Waals surface area (Å²) >= 11 is 0. The number of hydrogen-bond acceptors (Lipinski definition) is 6. The van der Waals surface area contributed by atoms with Crippen LogP contribution in [0.25, 0.3) is 0 Å². The number of alkyl halides is 3. The molecule has 0 aromatic heterocycles. The molecule has 1 N–H and O–H groups in total. The average Bonchev–Trinajstić information content (AvgIpc) is 3.24. The number of hydrogen-bond donors (Lipinski definition) is 1.